The lowest BCUT2D eigenvalue weighted by atomic mass is 9.93. The van der Waals surface area contributed by atoms with Gasteiger partial charge in [-0.15, -0.1) is 0 Å². The number of halogens is 3. The van der Waals surface area contributed by atoms with Crippen LogP contribution in [0.15, 0.2) is 0 Å². The second-order valence-corrected chi connectivity index (χ2v) is 6.18. The highest BCUT2D eigenvalue weighted by atomic mass is 32.2. The molecule has 19 heavy (non-hydrogen) atoms. The van der Waals surface area contributed by atoms with Gasteiger partial charge in [0.05, 0.1) is 11.3 Å². The first-order valence-electron chi connectivity index (χ1n) is 5.91. The number of sulfonamides is 1. The Morgan fingerprint density at radius 2 is 1.74 bits per heavy atom. The lowest BCUT2D eigenvalue weighted by Gasteiger charge is -2.31. The monoisotopic (exact) mass is 303 g/mol. The molecule has 0 aliphatic carbocycles. The van der Waals surface area contributed by atoms with Gasteiger partial charge >= 0.3 is 6.18 Å². The van der Waals surface area contributed by atoms with Crippen LogP contribution in [0.3, 0.4) is 0 Å². The minimum atomic E-state index is -4.37. The first-order valence-corrected chi connectivity index (χ1v) is 7.56. The van der Waals surface area contributed by atoms with Crippen molar-refractivity contribution < 1.29 is 21.6 Å². The summed E-state index contributed by atoms with van der Waals surface area (Å²) in [5, 5.41) is 7.43. The standard InChI is InChI=1S/C10H20F3N3O2S/c1-3-9(4-2,8(14)15)16-19(17,18)7-5-6-10(11,12)13/h16H,3-7H2,1-2H3,(H3,14,15). The van der Waals surface area contributed by atoms with Crippen LogP contribution >= 0.6 is 0 Å². The number of hydrogen-bond acceptors (Lipinski definition) is 3. The Balaban J connectivity index is 4.71. The molecule has 0 aromatic heterocycles. The fourth-order valence-electron chi connectivity index (χ4n) is 1.64. The molecule has 0 aliphatic rings. The summed E-state index contributed by atoms with van der Waals surface area (Å²) in [6.07, 6.45) is -5.52. The summed E-state index contributed by atoms with van der Waals surface area (Å²) in [6, 6.07) is 0. The van der Waals surface area contributed by atoms with E-state index < -0.39 is 40.3 Å². The second kappa shape index (κ2) is 6.56. The fraction of sp³-hybridized carbons (Fsp3) is 0.900. The number of alkyl halides is 3. The molecule has 0 rings (SSSR count). The van der Waals surface area contributed by atoms with Gasteiger partial charge in [0.25, 0.3) is 0 Å². The molecule has 114 valence electrons. The summed E-state index contributed by atoms with van der Waals surface area (Å²) in [7, 11) is -3.90. The molecule has 0 aliphatic heterocycles. The van der Waals surface area contributed by atoms with Gasteiger partial charge in [0.15, 0.2) is 0 Å². The zero-order valence-electron chi connectivity index (χ0n) is 11.0. The van der Waals surface area contributed by atoms with Crippen LogP contribution in [0.25, 0.3) is 0 Å². The van der Waals surface area contributed by atoms with Crippen LogP contribution < -0.4 is 10.5 Å². The van der Waals surface area contributed by atoms with Crippen LogP contribution in [0.5, 0.6) is 0 Å². The van der Waals surface area contributed by atoms with Gasteiger partial charge in [0, 0.05) is 6.42 Å². The minimum absolute atomic E-state index is 0.261. The van der Waals surface area contributed by atoms with Gasteiger partial charge in [-0.1, -0.05) is 13.8 Å². The third kappa shape index (κ3) is 6.24. The summed E-state index contributed by atoms with van der Waals surface area (Å²) in [4.78, 5) is 0. The smallest absolute Gasteiger partial charge is 0.386 e. The molecule has 4 N–H and O–H groups in total. The van der Waals surface area contributed by atoms with Crippen molar-refractivity contribution in [1.29, 1.82) is 5.41 Å². The zero-order chi connectivity index (χ0) is 15.3. The Morgan fingerprint density at radius 3 is 2.05 bits per heavy atom. The Kier molecular flexibility index (Phi) is 6.27. The molecule has 0 fully saturated rings. The fourth-order valence-corrected chi connectivity index (χ4v) is 3.26. The predicted octanol–water partition coefficient (Wildman–Crippen LogP) is 1.74. The van der Waals surface area contributed by atoms with Crippen LogP contribution in [-0.4, -0.2) is 31.7 Å². The first-order chi connectivity index (χ1) is 8.48. The molecule has 0 heterocycles. The summed E-state index contributed by atoms with van der Waals surface area (Å²) in [5.74, 6) is -0.974. The van der Waals surface area contributed by atoms with Crippen molar-refractivity contribution in [3.05, 3.63) is 0 Å². The number of rotatable bonds is 8. The van der Waals surface area contributed by atoms with Gasteiger partial charge < -0.3 is 5.73 Å². The van der Waals surface area contributed by atoms with Crippen LogP contribution in [0.2, 0.25) is 0 Å². The second-order valence-electron chi connectivity index (χ2n) is 4.34. The van der Waals surface area contributed by atoms with E-state index in [1.165, 1.54) is 0 Å². The average molecular weight is 303 g/mol. The topological polar surface area (TPSA) is 96.0 Å². The van der Waals surface area contributed by atoms with Gasteiger partial charge in [-0.2, -0.15) is 13.2 Å². The molecule has 0 spiro atoms. The third-order valence-electron chi connectivity index (χ3n) is 2.95. The summed E-state index contributed by atoms with van der Waals surface area (Å²) < 4.78 is 61.6. The van der Waals surface area contributed by atoms with E-state index in [0.717, 1.165) is 0 Å². The molecular formula is C10H20F3N3O2S. The Labute approximate surface area is 111 Å². The number of amidine groups is 1. The Bertz CT molecular complexity index is 403. The number of nitrogens with one attached hydrogen (secondary N) is 2. The van der Waals surface area contributed by atoms with Gasteiger partial charge in [0.1, 0.15) is 5.84 Å². The Hall–Kier alpha value is -0.830. The van der Waals surface area contributed by atoms with Crippen LogP contribution in [0.4, 0.5) is 13.2 Å². The van der Waals surface area contributed by atoms with Crippen LogP contribution in [0, 0.1) is 5.41 Å². The highest BCUT2D eigenvalue weighted by Crippen LogP contribution is 2.22. The SMILES string of the molecule is CCC(CC)(NS(=O)(=O)CCCC(F)(F)F)C(=N)N. The summed E-state index contributed by atoms with van der Waals surface area (Å²) >= 11 is 0. The van der Waals surface area contributed by atoms with Crippen molar-refractivity contribution in [1.82, 2.24) is 4.72 Å². The molecular weight excluding hydrogens is 283 g/mol. The molecule has 0 radical (unpaired) electrons. The zero-order valence-corrected chi connectivity index (χ0v) is 11.8. The van der Waals surface area contributed by atoms with E-state index in [4.69, 9.17) is 11.1 Å². The maximum Gasteiger partial charge on any atom is 0.389 e. The predicted molar refractivity (Wildman–Crippen MR) is 67.4 cm³/mol. The van der Waals surface area contributed by atoms with Crippen molar-refractivity contribution in [3.8, 4) is 0 Å². The molecule has 0 aromatic rings. The average Bonchev–Trinajstić information content (AvgIpc) is 2.23. The van der Waals surface area contributed by atoms with Gasteiger partial charge in [-0.3, -0.25) is 5.41 Å². The minimum Gasteiger partial charge on any atom is -0.386 e. The van der Waals surface area contributed by atoms with E-state index in [2.05, 4.69) is 4.72 Å². The molecule has 0 bridgehead atoms. The van der Waals surface area contributed by atoms with E-state index in [1.807, 2.05) is 0 Å². The van der Waals surface area contributed by atoms with Gasteiger partial charge in [-0.05, 0) is 19.3 Å². The van der Waals surface area contributed by atoms with Crippen molar-refractivity contribution >= 4 is 15.9 Å². The van der Waals surface area contributed by atoms with E-state index in [-0.39, 0.29) is 18.7 Å². The summed E-state index contributed by atoms with van der Waals surface area (Å²) in [5.41, 5.74) is 4.16. The van der Waals surface area contributed by atoms with Crippen molar-refractivity contribution in [2.45, 2.75) is 51.2 Å². The number of nitrogens with two attached hydrogens (primary N) is 1. The van der Waals surface area contributed by atoms with Crippen LogP contribution in [-0.2, 0) is 10.0 Å². The van der Waals surface area contributed by atoms with Crippen molar-refractivity contribution in [2.24, 2.45) is 5.73 Å². The Morgan fingerprint density at radius 1 is 1.26 bits per heavy atom. The van der Waals surface area contributed by atoms with Gasteiger partial charge in [0.2, 0.25) is 10.0 Å². The van der Waals surface area contributed by atoms with E-state index in [0.29, 0.717) is 0 Å². The molecule has 5 nitrogen and oxygen atoms in total. The lowest BCUT2D eigenvalue weighted by molar-refractivity contribution is -0.134. The third-order valence-corrected chi connectivity index (χ3v) is 4.47. The maximum atomic E-state index is 12.0. The van der Waals surface area contributed by atoms with Crippen molar-refractivity contribution in [2.75, 3.05) is 5.75 Å². The van der Waals surface area contributed by atoms with Gasteiger partial charge in [-0.25, -0.2) is 13.1 Å². The summed E-state index contributed by atoms with van der Waals surface area (Å²) in [6.45, 7) is 3.31. The molecule has 0 atom stereocenters. The molecule has 0 amide bonds. The van der Waals surface area contributed by atoms with Crippen LogP contribution in [0.1, 0.15) is 39.5 Å². The molecule has 0 aromatic carbocycles. The quantitative estimate of drug-likeness (QED) is 0.471. The highest BCUT2D eigenvalue weighted by molar-refractivity contribution is 7.89. The van der Waals surface area contributed by atoms with Crippen molar-refractivity contribution in [3.63, 3.8) is 0 Å². The molecule has 0 unspecified atom stereocenters. The molecule has 0 saturated heterocycles. The van der Waals surface area contributed by atoms with E-state index in [1.54, 1.807) is 13.8 Å². The number of hydrogen-bond donors (Lipinski definition) is 3. The van der Waals surface area contributed by atoms with E-state index in [9.17, 15) is 21.6 Å². The van der Waals surface area contributed by atoms with E-state index >= 15 is 0 Å². The normalized spacial score (nSPS) is 13.5. The lowest BCUT2D eigenvalue weighted by Crippen LogP contribution is -2.56. The highest BCUT2D eigenvalue weighted by Gasteiger charge is 2.35. The molecule has 0 saturated carbocycles. The maximum absolute atomic E-state index is 12.0. The molecule has 9 heteroatoms. The first kappa shape index (κ1) is 18.2. The largest absolute Gasteiger partial charge is 0.389 e.